The second-order valence-corrected chi connectivity index (χ2v) is 3.94. The van der Waals surface area contributed by atoms with Crippen molar-refractivity contribution in [3.05, 3.63) is 34.9 Å². The van der Waals surface area contributed by atoms with E-state index in [-0.39, 0.29) is 0 Å². The monoisotopic (exact) mass is 266 g/mol. The Hall–Kier alpha value is -0.0500. The van der Waals surface area contributed by atoms with Crippen molar-refractivity contribution in [2.24, 2.45) is 0 Å². The first-order chi connectivity index (χ1) is 5.61. The molecule has 0 saturated heterocycles. The summed E-state index contributed by atoms with van der Waals surface area (Å²) in [6.45, 7) is 0. The SMILES string of the molecule is O=C(Cl)C(Br)c1ccc(Cl)cc1. The number of rotatable bonds is 2. The molecule has 0 N–H and O–H groups in total. The van der Waals surface area contributed by atoms with Crippen LogP contribution in [0.2, 0.25) is 5.02 Å². The summed E-state index contributed by atoms with van der Waals surface area (Å²) in [7, 11) is 0. The van der Waals surface area contributed by atoms with Gasteiger partial charge in [-0.2, -0.15) is 0 Å². The summed E-state index contributed by atoms with van der Waals surface area (Å²) in [6.07, 6.45) is 0. The molecule has 0 aromatic heterocycles. The molecule has 0 radical (unpaired) electrons. The Morgan fingerprint density at radius 3 is 2.25 bits per heavy atom. The third-order valence-corrected chi connectivity index (χ3v) is 3.04. The molecule has 1 aromatic rings. The van der Waals surface area contributed by atoms with Gasteiger partial charge in [0.15, 0.2) is 0 Å². The number of halogens is 3. The minimum absolute atomic E-state index is 0.433. The molecular formula is C8H5BrCl2O. The fraction of sp³-hybridized carbons (Fsp3) is 0.125. The van der Waals surface area contributed by atoms with E-state index in [9.17, 15) is 4.79 Å². The van der Waals surface area contributed by atoms with Gasteiger partial charge in [-0.05, 0) is 29.3 Å². The minimum atomic E-state index is -0.448. The molecule has 0 heterocycles. The summed E-state index contributed by atoms with van der Waals surface area (Å²) in [4.78, 5) is 10.3. The van der Waals surface area contributed by atoms with Gasteiger partial charge in [0, 0.05) is 5.02 Å². The molecule has 0 bridgehead atoms. The van der Waals surface area contributed by atoms with Crippen LogP contribution >= 0.6 is 39.1 Å². The van der Waals surface area contributed by atoms with Gasteiger partial charge in [0.05, 0.1) is 0 Å². The Bertz CT molecular complexity index is 284. The molecule has 64 valence electrons. The first-order valence-electron chi connectivity index (χ1n) is 3.20. The molecule has 1 aromatic carbocycles. The van der Waals surface area contributed by atoms with Crippen LogP contribution in [-0.2, 0) is 4.79 Å². The van der Waals surface area contributed by atoms with Crippen molar-refractivity contribution in [3.63, 3.8) is 0 Å². The van der Waals surface area contributed by atoms with Crippen LogP contribution in [0.1, 0.15) is 10.4 Å². The number of benzene rings is 1. The van der Waals surface area contributed by atoms with E-state index in [1.165, 1.54) is 0 Å². The highest BCUT2D eigenvalue weighted by molar-refractivity contribution is 9.09. The fourth-order valence-corrected chi connectivity index (χ4v) is 1.32. The van der Waals surface area contributed by atoms with E-state index in [0.717, 1.165) is 5.56 Å². The van der Waals surface area contributed by atoms with Crippen LogP contribution in [0.5, 0.6) is 0 Å². The number of hydrogen-bond donors (Lipinski definition) is 0. The van der Waals surface area contributed by atoms with Crippen LogP contribution in [0, 0.1) is 0 Å². The topological polar surface area (TPSA) is 17.1 Å². The van der Waals surface area contributed by atoms with Crippen LogP contribution in [0.3, 0.4) is 0 Å². The maximum absolute atomic E-state index is 10.7. The molecule has 0 aliphatic carbocycles. The van der Waals surface area contributed by atoms with Crippen molar-refractivity contribution in [2.45, 2.75) is 4.83 Å². The molecule has 1 nitrogen and oxygen atoms in total. The van der Waals surface area contributed by atoms with Crippen molar-refractivity contribution >= 4 is 44.4 Å². The highest BCUT2D eigenvalue weighted by Gasteiger charge is 2.13. The lowest BCUT2D eigenvalue weighted by molar-refractivity contribution is -0.111. The lowest BCUT2D eigenvalue weighted by Crippen LogP contribution is -1.97. The number of alkyl halides is 1. The van der Waals surface area contributed by atoms with Crippen LogP contribution in [0.25, 0.3) is 0 Å². The predicted octanol–water partition coefficient (Wildman–Crippen LogP) is 3.54. The maximum atomic E-state index is 10.7. The Morgan fingerprint density at radius 1 is 1.33 bits per heavy atom. The number of carbonyl (C=O) groups excluding carboxylic acids is 1. The van der Waals surface area contributed by atoms with Crippen molar-refractivity contribution in [1.29, 1.82) is 0 Å². The zero-order chi connectivity index (χ0) is 9.14. The summed E-state index contributed by atoms with van der Waals surface area (Å²) >= 11 is 14.1. The highest BCUT2D eigenvalue weighted by atomic mass is 79.9. The van der Waals surface area contributed by atoms with Crippen LogP contribution in [0.4, 0.5) is 0 Å². The molecule has 1 rings (SSSR count). The number of hydrogen-bond acceptors (Lipinski definition) is 1. The molecule has 12 heavy (non-hydrogen) atoms. The van der Waals surface area contributed by atoms with Crippen molar-refractivity contribution in [1.82, 2.24) is 0 Å². The van der Waals surface area contributed by atoms with E-state index < -0.39 is 10.1 Å². The Morgan fingerprint density at radius 2 is 1.83 bits per heavy atom. The quantitative estimate of drug-likeness (QED) is 0.592. The molecule has 0 fully saturated rings. The van der Waals surface area contributed by atoms with Gasteiger partial charge < -0.3 is 0 Å². The average molecular weight is 268 g/mol. The smallest absolute Gasteiger partial charge is 0.239 e. The summed E-state index contributed by atoms with van der Waals surface area (Å²) < 4.78 is 0. The molecule has 0 aliphatic heterocycles. The lowest BCUT2D eigenvalue weighted by atomic mass is 10.2. The van der Waals surface area contributed by atoms with E-state index in [1.54, 1.807) is 24.3 Å². The van der Waals surface area contributed by atoms with Crippen LogP contribution in [-0.4, -0.2) is 5.24 Å². The first kappa shape index (κ1) is 10.0. The molecule has 1 atom stereocenters. The van der Waals surface area contributed by atoms with E-state index in [4.69, 9.17) is 23.2 Å². The number of carbonyl (C=O) groups is 1. The van der Waals surface area contributed by atoms with Crippen molar-refractivity contribution < 1.29 is 4.79 Å². The molecule has 1 unspecified atom stereocenters. The van der Waals surface area contributed by atoms with E-state index in [2.05, 4.69) is 15.9 Å². The third kappa shape index (κ3) is 2.47. The Kier molecular flexibility index (Phi) is 3.56. The van der Waals surface area contributed by atoms with Crippen LogP contribution < -0.4 is 0 Å². The van der Waals surface area contributed by atoms with Gasteiger partial charge in [0.2, 0.25) is 5.24 Å². The van der Waals surface area contributed by atoms with E-state index >= 15 is 0 Å². The maximum Gasteiger partial charge on any atom is 0.239 e. The molecule has 0 aliphatic rings. The van der Waals surface area contributed by atoms with Gasteiger partial charge in [-0.25, -0.2) is 0 Å². The van der Waals surface area contributed by atoms with Crippen molar-refractivity contribution in [2.75, 3.05) is 0 Å². The standard InChI is InChI=1S/C8H5BrCl2O/c9-7(8(11)12)5-1-3-6(10)4-2-5/h1-4,7H. The third-order valence-electron chi connectivity index (χ3n) is 1.36. The van der Waals surface area contributed by atoms with Gasteiger partial charge in [-0.1, -0.05) is 39.7 Å². The predicted molar refractivity (Wildman–Crippen MR) is 54.0 cm³/mol. The molecular weight excluding hydrogens is 263 g/mol. The fourth-order valence-electron chi connectivity index (χ4n) is 0.763. The van der Waals surface area contributed by atoms with Gasteiger partial charge >= 0.3 is 0 Å². The summed E-state index contributed by atoms with van der Waals surface area (Å²) in [5, 5.41) is 0.206. The second-order valence-electron chi connectivity index (χ2n) is 2.22. The molecule has 0 spiro atoms. The Balaban J connectivity index is 2.89. The highest BCUT2D eigenvalue weighted by Crippen LogP contribution is 2.26. The average Bonchev–Trinajstić information content (AvgIpc) is 2.04. The van der Waals surface area contributed by atoms with Gasteiger partial charge in [0.25, 0.3) is 0 Å². The van der Waals surface area contributed by atoms with Gasteiger partial charge in [0.1, 0.15) is 4.83 Å². The summed E-state index contributed by atoms with van der Waals surface area (Å²) in [5.74, 6) is 0. The van der Waals surface area contributed by atoms with Gasteiger partial charge in [-0.15, -0.1) is 0 Å². The van der Waals surface area contributed by atoms with Gasteiger partial charge in [-0.3, -0.25) is 4.79 Å². The van der Waals surface area contributed by atoms with E-state index in [0.29, 0.717) is 5.02 Å². The normalized spacial score (nSPS) is 12.6. The zero-order valence-corrected chi connectivity index (χ0v) is 9.03. The molecule has 0 saturated carbocycles. The Labute approximate surface area is 88.8 Å². The molecule has 4 heteroatoms. The lowest BCUT2D eigenvalue weighted by Gasteiger charge is -2.03. The second kappa shape index (κ2) is 4.26. The van der Waals surface area contributed by atoms with E-state index in [1.807, 2.05) is 0 Å². The summed E-state index contributed by atoms with van der Waals surface area (Å²) in [6, 6.07) is 6.93. The zero-order valence-electron chi connectivity index (χ0n) is 5.93. The van der Waals surface area contributed by atoms with Crippen molar-refractivity contribution in [3.8, 4) is 0 Å². The van der Waals surface area contributed by atoms with Crippen LogP contribution in [0.15, 0.2) is 24.3 Å². The summed E-state index contributed by atoms with van der Waals surface area (Å²) in [5.41, 5.74) is 0.805. The molecule has 0 amide bonds. The largest absolute Gasteiger partial charge is 0.280 e. The minimum Gasteiger partial charge on any atom is -0.280 e. The first-order valence-corrected chi connectivity index (χ1v) is 4.87.